The summed E-state index contributed by atoms with van der Waals surface area (Å²) >= 11 is 0. The van der Waals surface area contributed by atoms with E-state index in [4.69, 9.17) is 0 Å². The summed E-state index contributed by atoms with van der Waals surface area (Å²) in [5.74, 6) is -0.549. The average Bonchev–Trinajstić information content (AvgIpc) is 2.26. The molecule has 0 aromatic heterocycles. The Morgan fingerprint density at radius 1 is 1.31 bits per heavy atom. The van der Waals surface area contributed by atoms with Gasteiger partial charge in [-0.15, -0.1) is 0 Å². The number of hydrogen-bond acceptors (Lipinski definition) is 1. The van der Waals surface area contributed by atoms with Crippen molar-refractivity contribution in [3.8, 4) is 0 Å². The van der Waals surface area contributed by atoms with Crippen LogP contribution in [0.2, 0.25) is 0 Å². The molecule has 1 N–H and O–H groups in total. The van der Waals surface area contributed by atoms with Crippen molar-refractivity contribution in [1.29, 1.82) is 0 Å². The normalized spacial score (nSPS) is 14.8. The van der Waals surface area contributed by atoms with Gasteiger partial charge in [-0.25, -0.2) is 0 Å². The third-order valence-electron chi connectivity index (χ3n) is 3.54. The fourth-order valence-electron chi connectivity index (χ4n) is 1.69. The molecule has 16 heavy (non-hydrogen) atoms. The predicted octanol–water partition coefficient (Wildman–Crippen LogP) is 3.37. The van der Waals surface area contributed by atoms with E-state index in [0.29, 0.717) is 6.42 Å². The number of aryl methyl sites for hydroxylation is 1. The van der Waals surface area contributed by atoms with Crippen LogP contribution in [0.4, 0.5) is 0 Å². The first-order valence-corrected chi connectivity index (χ1v) is 5.74. The molecule has 88 valence electrons. The Morgan fingerprint density at radius 2 is 1.88 bits per heavy atom. The number of carbonyl (C=O) groups is 1. The second kappa shape index (κ2) is 5.15. The SMILES string of the molecule is CC(C)C(C)(CCc1ccccc1)C(=O)O. The monoisotopic (exact) mass is 220 g/mol. The molecule has 1 aromatic rings. The van der Waals surface area contributed by atoms with Gasteiger partial charge in [0.05, 0.1) is 5.41 Å². The molecule has 0 aliphatic rings. The quantitative estimate of drug-likeness (QED) is 0.826. The Hall–Kier alpha value is -1.31. The van der Waals surface area contributed by atoms with Gasteiger partial charge in [-0.1, -0.05) is 44.2 Å². The van der Waals surface area contributed by atoms with Gasteiger partial charge in [0.25, 0.3) is 0 Å². The van der Waals surface area contributed by atoms with Crippen LogP contribution >= 0.6 is 0 Å². The Bertz CT molecular complexity index is 343. The summed E-state index contributed by atoms with van der Waals surface area (Å²) in [7, 11) is 0. The van der Waals surface area contributed by atoms with Crippen LogP contribution in [0.5, 0.6) is 0 Å². The molecule has 0 saturated carbocycles. The smallest absolute Gasteiger partial charge is 0.309 e. The van der Waals surface area contributed by atoms with Crippen molar-refractivity contribution in [2.75, 3.05) is 0 Å². The first-order chi connectivity index (χ1) is 7.47. The van der Waals surface area contributed by atoms with Crippen LogP contribution in [0.1, 0.15) is 32.8 Å². The first-order valence-electron chi connectivity index (χ1n) is 5.74. The minimum atomic E-state index is -0.696. The second-order valence-electron chi connectivity index (χ2n) is 4.86. The first kappa shape index (κ1) is 12.8. The van der Waals surface area contributed by atoms with Crippen molar-refractivity contribution in [3.05, 3.63) is 35.9 Å². The third-order valence-corrected chi connectivity index (χ3v) is 3.54. The fourth-order valence-corrected chi connectivity index (χ4v) is 1.69. The van der Waals surface area contributed by atoms with Gasteiger partial charge in [-0.2, -0.15) is 0 Å². The minimum Gasteiger partial charge on any atom is -0.481 e. The summed E-state index contributed by atoms with van der Waals surface area (Å²) < 4.78 is 0. The molecule has 1 aromatic carbocycles. The van der Waals surface area contributed by atoms with Crippen molar-refractivity contribution in [3.63, 3.8) is 0 Å². The van der Waals surface area contributed by atoms with Gasteiger partial charge in [0.2, 0.25) is 0 Å². The Balaban J connectivity index is 2.69. The molecule has 0 aliphatic heterocycles. The van der Waals surface area contributed by atoms with Crippen LogP contribution in [-0.4, -0.2) is 11.1 Å². The summed E-state index contributed by atoms with van der Waals surface area (Å²) in [6, 6.07) is 10.0. The van der Waals surface area contributed by atoms with Gasteiger partial charge >= 0.3 is 5.97 Å². The number of carboxylic acid groups (broad SMARTS) is 1. The zero-order valence-electron chi connectivity index (χ0n) is 10.2. The zero-order valence-corrected chi connectivity index (χ0v) is 10.2. The van der Waals surface area contributed by atoms with Crippen LogP contribution in [0.3, 0.4) is 0 Å². The molecule has 0 fully saturated rings. The fraction of sp³-hybridized carbons (Fsp3) is 0.500. The van der Waals surface area contributed by atoms with E-state index in [1.165, 1.54) is 5.56 Å². The Morgan fingerprint density at radius 3 is 2.31 bits per heavy atom. The van der Waals surface area contributed by atoms with Crippen molar-refractivity contribution < 1.29 is 9.90 Å². The van der Waals surface area contributed by atoms with Crippen molar-refractivity contribution >= 4 is 5.97 Å². The van der Waals surface area contributed by atoms with Crippen molar-refractivity contribution in [2.45, 2.75) is 33.6 Å². The summed E-state index contributed by atoms with van der Waals surface area (Å²) in [5, 5.41) is 9.28. The van der Waals surface area contributed by atoms with Gasteiger partial charge in [0.1, 0.15) is 0 Å². The molecule has 0 saturated heterocycles. The van der Waals surface area contributed by atoms with E-state index < -0.39 is 11.4 Å². The van der Waals surface area contributed by atoms with E-state index in [1.54, 1.807) is 0 Å². The number of benzene rings is 1. The highest BCUT2D eigenvalue weighted by molar-refractivity contribution is 5.74. The van der Waals surface area contributed by atoms with Crippen LogP contribution in [0.15, 0.2) is 30.3 Å². The highest BCUT2D eigenvalue weighted by Crippen LogP contribution is 2.32. The molecular weight excluding hydrogens is 200 g/mol. The highest BCUT2D eigenvalue weighted by atomic mass is 16.4. The van der Waals surface area contributed by atoms with E-state index in [0.717, 1.165) is 6.42 Å². The zero-order chi connectivity index (χ0) is 12.2. The van der Waals surface area contributed by atoms with Gasteiger partial charge < -0.3 is 5.11 Å². The van der Waals surface area contributed by atoms with E-state index in [2.05, 4.69) is 0 Å². The third kappa shape index (κ3) is 2.84. The largest absolute Gasteiger partial charge is 0.481 e. The highest BCUT2D eigenvalue weighted by Gasteiger charge is 2.35. The maximum atomic E-state index is 11.3. The average molecular weight is 220 g/mol. The lowest BCUT2D eigenvalue weighted by atomic mass is 9.75. The predicted molar refractivity (Wildman–Crippen MR) is 65.3 cm³/mol. The van der Waals surface area contributed by atoms with Gasteiger partial charge in [0.15, 0.2) is 0 Å². The molecule has 0 bridgehead atoms. The Labute approximate surface area is 97.3 Å². The van der Waals surface area contributed by atoms with Crippen LogP contribution in [-0.2, 0) is 11.2 Å². The lowest BCUT2D eigenvalue weighted by Crippen LogP contribution is -2.33. The van der Waals surface area contributed by atoms with E-state index in [1.807, 2.05) is 51.1 Å². The summed E-state index contributed by atoms with van der Waals surface area (Å²) in [6.45, 7) is 5.78. The molecule has 1 unspecified atom stereocenters. The number of carboxylic acids is 1. The van der Waals surface area contributed by atoms with Crippen LogP contribution in [0, 0.1) is 11.3 Å². The molecule has 0 aliphatic carbocycles. The molecule has 0 radical (unpaired) electrons. The van der Waals surface area contributed by atoms with Crippen molar-refractivity contribution in [1.82, 2.24) is 0 Å². The van der Waals surface area contributed by atoms with E-state index in [-0.39, 0.29) is 5.92 Å². The van der Waals surface area contributed by atoms with Crippen LogP contribution < -0.4 is 0 Å². The molecule has 0 amide bonds. The maximum absolute atomic E-state index is 11.3. The number of rotatable bonds is 5. The van der Waals surface area contributed by atoms with E-state index >= 15 is 0 Å². The molecule has 1 atom stereocenters. The van der Waals surface area contributed by atoms with Crippen molar-refractivity contribution in [2.24, 2.45) is 11.3 Å². The van der Waals surface area contributed by atoms with Gasteiger partial charge in [-0.05, 0) is 31.2 Å². The second-order valence-corrected chi connectivity index (χ2v) is 4.86. The molecule has 1 rings (SSSR count). The molecule has 2 nitrogen and oxygen atoms in total. The van der Waals surface area contributed by atoms with E-state index in [9.17, 15) is 9.90 Å². The van der Waals surface area contributed by atoms with Gasteiger partial charge in [-0.3, -0.25) is 4.79 Å². The van der Waals surface area contributed by atoms with Crippen LogP contribution in [0.25, 0.3) is 0 Å². The van der Waals surface area contributed by atoms with Gasteiger partial charge in [0, 0.05) is 0 Å². The summed E-state index contributed by atoms with van der Waals surface area (Å²) in [5.41, 5.74) is 0.575. The number of hydrogen-bond donors (Lipinski definition) is 1. The molecule has 0 heterocycles. The standard InChI is InChI=1S/C14H20O2/c1-11(2)14(3,13(15)16)10-9-12-7-5-4-6-8-12/h4-8,11H,9-10H2,1-3H3,(H,15,16). The lowest BCUT2D eigenvalue weighted by molar-refractivity contribution is -0.151. The maximum Gasteiger partial charge on any atom is 0.309 e. The minimum absolute atomic E-state index is 0.147. The topological polar surface area (TPSA) is 37.3 Å². The summed E-state index contributed by atoms with van der Waals surface area (Å²) in [6.07, 6.45) is 1.51. The molecule has 2 heteroatoms. The number of aliphatic carboxylic acids is 1. The Kier molecular flexibility index (Phi) is 4.11. The summed E-state index contributed by atoms with van der Waals surface area (Å²) in [4.78, 5) is 11.3. The molecular formula is C14H20O2. The lowest BCUT2D eigenvalue weighted by Gasteiger charge is -2.29. The molecule has 0 spiro atoms.